The van der Waals surface area contributed by atoms with E-state index in [0.717, 1.165) is 25.9 Å². The van der Waals surface area contributed by atoms with Crippen LogP contribution in [0.15, 0.2) is 35.3 Å². The van der Waals surface area contributed by atoms with E-state index in [1.165, 1.54) is 25.7 Å². The highest BCUT2D eigenvalue weighted by Gasteiger charge is 1.93. The molecule has 0 heterocycles. The van der Waals surface area contributed by atoms with Crippen molar-refractivity contribution < 1.29 is 0 Å². The zero-order valence-corrected chi connectivity index (χ0v) is 13.7. The molecule has 0 saturated heterocycles. The molecule has 0 aromatic rings. The van der Waals surface area contributed by atoms with Crippen molar-refractivity contribution in [2.45, 2.75) is 38.5 Å². The van der Waals surface area contributed by atoms with Crippen LogP contribution in [-0.4, -0.2) is 38.1 Å². The van der Waals surface area contributed by atoms with Crippen molar-refractivity contribution in [2.24, 2.45) is 21.5 Å². The fourth-order valence-corrected chi connectivity index (χ4v) is 1.81. The van der Waals surface area contributed by atoms with Gasteiger partial charge in [0, 0.05) is 19.6 Å². The molecule has 0 radical (unpaired) electrons. The number of nitrogens with zero attached hydrogens (tertiary/aromatic N) is 2. The molecule has 0 bridgehead atoms. The van der Waals surface area contributed by atoms with Crippen molar-refractivity contribution in [3.05, 3.63) is 25.3 Å². The quantitative estimate of drug-likeness (QED) is 0.179. The average molecular weight is 308 g/mol. The van der Waals surface area contributed by atoms with E-state index in [4.69, 9.17) is 11.5 Å². The number of nitrogens with two attached hydrogens (primary N) is 2. The Bertz CT molecular complexity index is 349. The van der Waals surface area contributed by atoms with Crippen LogP contribution in [0.4, 0.5) is 0 Å². The van der Waals surface area contributed by atoms with Crippen molar-refractivity contribution in [2.75, 3.05) is 26.2 Å². The minimum absolute atomic E-state index is 0.500. The number of unbranched alkanes of at least 4 members (excludes halogenated alkanes) is 5. The van der Waals surface area contributed by atoms with E-state index in [9.17, 15) is 0 Å². The van der Waals surface area contributed by atoms with Crippen molar-refractivity contribution in [3.8, 4) is 0 Å². The third-order valence-electron chi connectivity index (χ3n) is 2.99. The van der Waals surface area contributed by atoms with Crippen molar-refractivity contribution in [1.82, 2.24) is 10.6 Å². The summed E-state index contributed by atoms with van der Waals surface area (Å²) in [5, 5.41) is 6.05. The number of guanidine groups is 2. The fraction of sp³-hybridized carbons (Fsp3) is 0.625. The molecule has 0 atom stereocenters. The van der Waals surface area contributed by atoms with Gasteiger partial charge in [-0.1, -0.05) is 37.8 Å². The minimum atomic E-state index is 0.500. The Balaban J connectivity index is 3.33. The van der Waals surface area contributed by atoms with E-state index in [1.807, 2.05) is 0 Å². The first-order valence-electron chi connectivity index (χ1n) is 8.00. The summed E-state index contributed by atoms with van der Waals surface area (Å²) >= 11 is 0. The molecule has 0 aromatic heterocycles. The Kier molecular flexibility index (Phi) is 14.0. The second-order valence-electron chi connectivity index (χ2n) is 5.00. The second-order valence-corrected chi connectivity index (χ2v) is 5.00. The molecule has 6 heteroatoms. The minimum Gasteiger partial charge on any atom is -0.370 e. The number of hydrogen-bond acceptors (Lipinski definition) is 2. The van der Waals surface area contributed by atoms with Gasteiger partial charge in [0.1, 0.15) is 0 Å². The van der Waals surface area contributed by atoms with E-state index in [2.05, 4.69) is 33.8 Å². The standard InChI is InChI=1S/C16H32N6/c1-3-11-19-15(17)21-13-9-7-5-6-8-10-14-22-16(18)20-12-4-2/h3-4H,1-2,5-14H2,(H3,17,19,21)(H3,18,20,22). The highest BCUT2D eigenvalue weighted by atomic mass is 15.1. The van der Waals surface area contributed by atoms with Crippen LogP contribution in [0.3, 0.4) is 0 Å². The van der Waals surface area contributed by atoms with E-state index in [-0.39, 0.29) is 0 Å². The Morgan fingerprint density at radius 2 is 1.45 bits per heavy atom. The Labute approximate surface area is 134 Å². The molecule has 0 saturated carbocycles. The molecular formula is C16H32N6. The summed E-state index contributed by atoms with van der Waals surface area (Å²) in [6, 6.07) is 0. The van der Waals surface area contributed by atoms with Gasteiger partial charge in [-0.2, -0.15) is 0 Å². The number of hydrogen-bond donors (Lipinski definition) is 4. The van der Waals surface area contributed by atoms with Crippen molar-refractivity contribution in [1.29, 1.82) is 0 Å². The van der Waals surface area contributed by atoms with Gasteiger partial charge in [0.15, 0.2) is 11.9 Å². The molecule has 0 spiro atoms. The van der Waals surface area contributed by atoms with Crippen LogP contribution in [0.5, 0.6) is 0 Å². The van der Waals surface area contributed by atoms with Crippen molar-refractivity contribution in [3.63, 3.8) is 0 Å². The number of rotatable bonds is 13. The highest BCUT2D eigenvalue weighted by molar-refractivity contribution is 5.78. The predicted molar refractivity (Wildman–Crippen MR) is 97.1 cm³/mol. The summed E-state index contributed by atoms with van der Waals surface area (Å²) in [5.41, 5.74) is 11.3. The molecule has 0 rings (SSSR count). The maximum Gasteiger partial charge on any atom is 0.188 e. The van der Waals surface area contributed by atoms with Crippen LogP contribution in [0.2, 0.25) is 0 Å². The maximum absolute atomic E-state index is 5.67. The third kappa shape index (κ3) is 14.4. The smallest absolute Gasteiger partial charge is 0.188 e. The summed E-state index contributed by atoms with van der Waals surface area (Å²) in [6.07, 6.45) is 10.5. The zero-order chi connectivity index (χ0) is 16.5. The molecule has 0 unspecified atom stereocenters. The number of nitrogens with one attached hydrogen (secondary N) is 2. The summed E-state index contributed by atoms with van der Waals surface area (Å²) in [5.74, 6) is 1.00. The van der Waals surface area contributed by atoms with Crippen LogP contribution in [-0.2, 0) is 0 Å². The van der Waals surface area contributed by atoms with E-state index >= 15 is 0 Å². The predicted octanol–water partition coefficient (Wildman–Crippen LogP) is 1.51. The largest absolute Gasteiger partial charge is 0.370 e. The van der Waals surface area contributed by atoms with Gasteiger partial charge in [0.05, 0.1) is 6.54 Å². The van der Waals surface area contributed by atoms with Gasteiger partial charge < -0.3 is 22.1 Å². The van der Waals surface area contributed by atoms with Gasteiger partial charge >= 0.3 is 0 Å². The van der Waals surface area contributed by atoms with E-state index in [1.54, 1.807) is 12.2 Å². The van der Waals surface area contributed by atoms with E-state index in [0.29, 0.717) is 25.0 Å². The van der Waals surface area contributed by atoms with Crippen LogP contribution in [0, 0.1) is 0 Å². The molecule has 6 N–H and O–H groups in total. The van der Waals surface area contributed by atoms with Crippen LogP contribution in [0.25, 0.3) is 0 Å². The SMILES string of the molecule is C=CCN=C(N)NCCCCCCCCN=C(N)NCC=C. The molecule has 0 aliphatic rings. The summed E-state index contributed by atoms with van der Waals surface area (Å²) in [4.78, 5) is 8.32. The van der Waals surface area contributed by atoms with Crippen LogP contribution >= 0.6 is 0 Å². The third-order valence-corrected chi connectivity index (χ3v) is 2.99. The summed E-state index contributed by atoms with van der Waals surface area (Å²) < 4.78 is 0. The first-order chi connectivity index (χ1) is 10.7. The first-order valence-corrected chi connectivity index (χ1v) is 8.00. The van der Waals surface area contributed by atoms with Gasteiger partial charge in [0.2, 0.25) is 0 Å². The normalized spacial score (nSPS) is 12.0. The van der Waals surface area contributed by atoms with Gasteiger partial charge in [0.25, 0.3) is 0 Å². The lowest BCUT2D eigenvalue weighted by Crippen LogP contribution is -2.32. The van der Waals surface area contributed by atoms with Crippen molar-refractivity contribution >= 4 is 11.9 Å². The molecule has 0 aliphatic heterocycles. The molecule has 126 valence electrons. The topological polar surface area (TPSA) is 101 Å². The second kappa shape index (κ2) is 15.4. The Morgan fingerprint density at radius 3 is 2.14 bits per heavy atom. The molecule has 0 fully saturated rings. The van der Waals surface area contributed by atoms with Gasteiger partial charge in [-0.05, 0) is 12.8 Å². The maximum atomic E-state index is 5.67. The average Bonchev–Trinajstić information content (AvgIpc) is 2.52. The molecule has 0 amide bonds. The molecule has 6 nitrogen and oxygen atoms in total. The number of aliphatic imine (C=N–C) groups is 2. The lowest BCUT2D eigenvalue weighted by Gasteiger charge is -2.05. The van der Waals surface area contributed by atoms with Crippen LogP contribution < -0.4 is 22.1 Å². The monoisotopic (exact) mass is 308 g/mol. The molecule has 0 aromatic carbocycles. The van der Waals surface area contributed by atoms with Gasteiger partial charge in [-0.3, -0.25) is 4.99 Å². The molecule has 22 heavy (non-hydrogen) atoms. The van der Waals surface area contributed by atoms with Crippen LogP contribution in [0.1, 0.15) is 38.5 Å². The summed E-state index contributed by atoms with van der Waals surface area (Å²) in [6.45, 7) is 10.1. The van der Waals surface area contributed by atoms with Gasteiger partial charge in [-0.25, -0.2) is 4.99 Å². The Morgan fingerprint density at radius 1 is 0.818 bits per heavy atom. The first kappa shape index (κ1) is 20.0. The molecular weight excluding hydrogens is 276 g/mol. The molecule has 0 aliphatic carbocycles. The van der Waals surface area contributed by atoms with E-state index < -0.39 is 0 Å². The lowest BCUT2D eigenvalue weighted by atomic mass is 10.1. The van der Waals surface area contributed by atoms with Gasteiger partial charge in [-0.15, -0.1) is 13.2 Å². The zero-order valence-electron chi connectivity index (χ0n) is 13.7. The highest BCUT2D eigenvalue weighted by Crippen LogP contribution is 2.04. The summed E-state index contributed by atoms with van der Waals surface area (Å²) in [7, 11) is 0. The Hall–Kier alpha value is -1.98. The fourth-order valence-electron chi connectivity index (χ4n) is 1.81. The lowest BCUT2D eigenvalue weighted by molar-refractivity contribution is 0.592.